The second-order valence-corrected chi connectivity index (χ2v) is 6.81. The summed E-state index contributed by atoms with van der Waals surface area (Å²) in [6, 6.07) is 5.42. The van der Waals surface area contributed by atoms with E-state index >= 15 is 0 Å². The van der Waals surface area contributed by atoms with Crippen molar-refractivity contribution in [3.63, 3.8) is 0 Å². The molecule has 10 heteroatoms. The van der Waals surface area contributed by atoms with Gasteiger partial charge in [-0.05, 0) is 39.0 Å². The van der Waals surface area contributed by atoms with Crippen LogP contribution in [-0.2, 0) is 16.1 Å². The van der Waals surface area contributed by atoms with Gasteiger partial charge in [0.1, 0.15) is 17.6 Å². The van der Waals surface area contributed by atoms with Crippen molar-refractivity contribution in [3.05, 3.63) is 59.8 Å². The van der Waals surface area contributed by atoms with E-state index in [2.05, 4.69) is 25.3 Å². The molecule has 10 nitrogen and oxygen atoms in total. The predicted octanol–water partition coefficient (Wildman–Crippen LogP) is 2.60. The normalized spacial score (nSPS) is 12.1. The van der Waals surface area contributed by atoms with Crippen LogP contribution in [0, 0.1) is 13.8 Å². The quantitative estimate of drug-likeness (QED) is 0.469. The number of rotatable bonds is 6. The van der Waals surface area contributed by atoms with Crippen LogP contribution in [0.25, 0.3) is 11.2 Å². The first kappa shape index (κ1) is 19.4. The lowest BCUT2D eigenvalue weighted by Gasteiger charge is -2.13. The number of H-pyrrole nitrogens is 1. The summed E-state index contributed by atoms with van der Waals surface area (Å²) in [5.74, 6) is -0.0466. The zero-order valence-electron chi connectivity index (χ0n) is 16.7. The minimum Gasteiger partial charge on any atom is -0.467 e. The molecule has 1 unspecified atom stereocenters. The van der Waals surface area contributed by atoms with Gasteiger partial charge in [-0.1, -0.05) is 0 Å². The number of carbonyl (C=O) groups excluding carboxylic acids is 2. The Labute approximate surface area is 171 Å². The Morgan fingerprint density at radius 2 is 2.13 bits per heavy atom. The number of hydrogen-bond donors (Lipinski definition) is 2. The average molecular weight is 408 g/mol. The van der Waals surface area contributed by atoms with Crippen LogP contribution in [0.4, 0.5) is 5.82 Å². The molecule has 0 radical (unpaired) electrons. The number of nitrogens with zero attached hydrogens (tertiary/aromatic N) is 4. The molecule has 4 aromatic rings. The Balaban J connectivity index is 1.45. The lowest BCUT2D eigenvalue weighted by molar-refractivity contribution is -0.123. The number of aromatic nitrogens is 5. The monoisotopic (exact) mass is 408 g/mol. The lowest BCUT2D eigenvalue weighted by atomic mass is 10.2. The topological polar surface area (TPSA) is 128 Å². The zero-order valence-corrected chi connectivity index (χ0v) is 16.7. The minimum atomic E-state index is -1.03. The summed E-state index contributed by atoms with van der Waals surface area (Å²) in [7, 11) is 0. The van der Waals surface area contributed by atoms with E-state index < -0.39 is 18.0 Å². The fraction of sp³-hybridized carbons (Fsp3) is 0.250. The summed E-state index contributed by atoms with van der Waals surface area (Å²) in [6.07, 6.45) is 3.33. The van der Waals surface area contributed by atoms with Crippen molar-refractivity contribution >= 4 is 28.9 Å². The zero-order chi connectivity index (χ0) is 21.3. The van der Waals surface area contributed by atoms with E-state index in [4.69, 9.17) is 9.15 Å². The van der Waals surface area contributed by atoms with Gasteiger partial charge in [-0.2, -0.15) is 0 Å². The maximum atomic E-state index is 12.7. The third-order valence-corrected chi connectivity index (χ3v) is 4.81. The van der Waals surface area contributed by atoms with Crippen molar-refractivity contribution < 1.29 is 18.7 Å². The number of furan rings is 1. The Bertz CT molecular complexity index is 1210. The van der Waals surface area contributed by atoms with E-state index in [9.17, 15) is 9.59 Å². The number of aromatic amines is 1. The number of carbonyl (C=O) groups is 2. The van der Waals surface area contributed by atoms with E-state index in [-0.39, 0.29) is 5.82 Å². The van der Waals surface area contributed by atoms with E-state index in [1.54, 1.807) is 12.3 Å². The molecule has 0 aliphatic carbocycles. The SMILES string of the molecule is Cc1cc(C(=O)OC(C)C(=O)Nc2ncnc3nc[nH]c23)c(C)n1Cc1ccco1. The van der Waals surface area contributed by atoms with Gasteiger partial charge in [-0.15, -0.1) is 0 Å². The van der Waals surface area contributed by atoms with Gasteiger partial charge in [0, 0.05) is 11.4 Å². The standard InChI is InChI=1S/C20H20N6O4/c1-11-7-15(12(2)26(11)8-14-5-4-6-29-14)20(28)30-13(3)19(27)25-18-16-17(22-9-21-16)23-10-24-18/h4-7,9-10,13H,8H2,1-3H3,(H2,21,22,23,24,25,27). The van der Waals surface area contributed by atoms with Gasteiger partial charge in [0.15, 0.2) is 17.6 Å². The van der Waals surface area contributed by atoms with Crippen LogP contribution in [0.2, 0.25) is 0 Å². The molecule has 1 amide bonds. The van der Waals surface area contributed by atoms with Crippen LogP contribution in [0.15, 0.2) is 41.5 Å². The van der Waals surface area contributed by atoms with Crippen LogP contribution in [0.5, 0.6) is 0 Å². The average Bonchev–Trinajstić information content (AvgIpc) is 3.45. The van der Waals surface area contributed by atoms with Gasteiger partial charge in [0.25, 0.3) is 5.91 Å². The lowest BCUT2D eigenvalue weighted by Crippen LogP contribution is -2.30. The molecule has 0 saturated carbocycles. The molecule has 4 aromatic heterocycles. The molecule has 0 bridgehead atoms. The summed E-state index contributed by atoms with van der Waals surface area (Å²) in [5, 5.41) is 2.63. The Kier molecular flexibility index (Phi) is 5.05. The van der Waals surface area contributed by atoms with Crippen molar-refractivity contribution in [2.45, 2.75) is 33.4 Å². The number of aryl methyl sites for hydroxylation is 1. The van der Waals surface area contributed by atoms with Gasteiger partial charge in [-0.3, -0.25) is 4.79 Å². The molecular weight excluding hydrogens is 388 g/mol. The van der Waals surface area contributed by atoms with Crippen molar-refractivity contribution in [2.24, 2.45) is 0 Å². The molecule has 1 atom stereocenters. The van der Waals surface area contributed by atoms with Gasteiger partial charge in [0.2, 0.25) is 0 Å². The van der Waals surface area contributed by atoms with Gasteiger partial charge in [0.05, 0.1) is 24.7 Å². The molecule has 0 saturated heterocycles. The van der Waals surface area contributed by atoms with Crippen molar-refractivity contribution in [1.82, 2.24) is 24.5 Å². The molecule has 0 spiro atoms. The third kappa shape index (κ3) is 3.66. The molecular formula is C20H20N6O4. The largest absolute Gasteiger partial charge is 0.467 e. The van der Waals surface area contributed by atoms with Crippen molar-refractivity contribution in [2.75, 3.05) is 5.32 Å². The molecule has 2 N–H and O–H groups in total. The summed E-state index contributed by atoms with van der Waals surface area (Å²) in [5.41, 5.74) is 2.93. The van der Waals surface area contributed by atoms with E-state index in [0.717, 1.165) is 17.1 Å². The number of hydrogen-bond acceptors (Lipinski definition) is 7. The number of anilines is 1. The molecule has 0 aliphatic heterocycles. The number of fused-ring (bicyclic) bond motifs is 1. The minimum absolute atomic E-state index is 0.266. The first-order chi connectivity index (χ1) is 14.4. The highest BCUT2D eigenvalue weighted by atomic mass is 16.5. The maximum absolute atomic E-state index is 12.7. The number of imidazole rings is 1. The number of ether oxygens (including phenoxy) is 1. The first-order valence-electron chi connectivity index (χ1n) is 9.29. The van der Waals surface area contributed by atoms with Crippen LogP contribution in [0.3, 0.4) is 0 Å². The van der Waals surface area contributed by atoms with Crippen molar-refractivity contribution in [3.8, 4) is 0 Å². The second-order valence-electron chi connectivity index (χ2n) is 6.81. The molecule has 4 rings (SSSR count). The van der Waals surface area contributed by atoms with E-state index in [1.807, 2.05) is 30.5 Å². The predicted molar refractivity (Wildman–Crippen MR) is 107 cm³/mol. The molecule has 30 heavy (non-hydrogen) atoms. The second kappa shape index (κ2) is 7.82. The summed E-state index contributed by atoms with van der Waals surface area (Å²) in [6.45, 7) is 5.73. The van der Waals surface area contributed by atoms with E-state index in [1.165, 1.54) is 19.6 Å². The summed E-state index contributed by atoms with van der Waals surface area (Å²) >= 11 is 0. The fourth-order valence-electron chi connectivity index (χ4n) is 3.17. The van der Waals surface area contributed by atoms with Gasteiger partial charge >= 0.3 is 5.97 Å². The first-order valence-corrected chi connectivity index (χ1v) is 9.29. The summed E-state index contributed by atoms with van der Waals surface area (Å²) < 4.78 is 12.7. The van der Waals surface area contributed by atoms with Crippen LogP contribution in [0.1, 0.15) is 34.4 Å². The number of nitrogens with one attached hydrogen (secondary N) is 2. The third-order valence-electron chi connectivity index (χ3n) is 4.81. The molecule has 154 valence electrons. The van der Waals surface area contributed by atoms with Crippen LogP contribution >= 0.6 is 0 Å². The van der Waals surface area contributed by atoms with Crippen LogP contribution < -0.4 is 5.32 Å². The molecule has 0 aliphatic rings. The number of esters is 1. The van der Waals surface area contributed by atoms with Gasteiger partial charge in [-0.25, -0.2) is 19.7 Å². The maximum Gasteiger partial charge on any atom is 0.340 e. The fourth-order valence-corrected chi connectivity index (χ4v) is 3.17. The number of amides is 1. The Morgan fingerprint density at radius 3 is 2.90 bits per heavy atom. The molecule has 0 fully saturated rings. The smallest absolute Gasteiger partial charge is 0.340 e. The highest BCUT2D eigenvalue weighted by molar-refractivity contribution is 6.00. The summed E-state index contributed by atoms with van der Waals surface area (Å²) in [4.78, 5) is 40.1. The van der Waals surface area contributed by atoms with E-state index in [0.29, 0.717) is 23.3 Å². The van der Waals surface area contributed by atoms with Crippen LogP contribution in [-0.4, -0.2) is 42.5 Å². The molecule has 4 heterocycles. The highest BCUT2D eigenvalue weighted by Crippen LogP contribution is 2.20. The molecule has 0 aromatic carbocycles. The van der Waals surface area contributed by atoms with Crippen molar-refractivity contribution in [1.29, 1.82) is 0 Å². The highest BCUT2D eigenvalue weighted by Gasteiger charge is 2.24. The van der Waals surface area contributed by atoms with Gasteiger partial charge < -0.3 is 24.0 Å². The Morgan fingerprint density at radius 1 is 1.30 bits per heavy atom. The Hall–Kier alpha value is -3.95.